The maximum Gasteiger partial charge on any atom is 0.387 e. The summed E-state index contributed by atoms with van der Waals surface area (Å²) in [5.74, 6) is -0.255. The van der Waals surface area contributed by atoms with Gasteiger partial charge in [-0.1, -0.05) is 30.3 Å². The minimum Gasteiger partial charge on any atom is -0.434 e. The number of carbonyl (C=O) groups excluding carboxylic acids is 1. The number of ether oxygens (including phenoxy) is 1. The highest BCUT2D eigenvalue weighted by molar-refractivity contribution is 5.94. The lowest BCUT2D eigenvalue weighted by atomic mass is 10.1. The van der Waals surface area contributed by atoms with Crippen molar-refractivity contribution in [3.8, 4) is 5.75 Å². The van der Waals surface area contributed by atoms with E-state index in [1.165, 1.54) is 12.4 Å². The topological polar surface area (TPSA) is 69.0 Å². The molecule has 1 heterocycles. The molecule has 0 unspecified atom stereocenters. The van der Waals surface area contributed by atoms with Gasteiger partial charge in [0.15, 0.2) is 0 Å². The SMILES string of the molecule is O=C(NCc1ccccc1OC(F)F)c1ccc(Cn2cncn2)cc1. The molecule has 134 valence electrons. The van der Waals surface area contributed by atoms with Crippen molar-refractivity contribution in [2.45, 2.75) is 19.7 Å². The van der Waals surface area contributed by atoms with Crippen LogP contribution in [0.1, 0.15) is 21.5 Å². The van der Waals surface area contributed by atoms with Crippen molar-refractivity contribution in [1.82, 2.24) is 20.1 Å². The van der Waals surface area contributed by atoms with Crippen LogP contribution >= 0.6 is 0 Å². The minimum absolute atomic E-state index is 0.0472. The molecule has 0 radical (unpaired) electrons. The number of alkyl halides is 2. The molecular weight excluding hydrogens is 342 g/mol. The molecule has 26 heavy (non-hydrogen) atoms. The van der Waals surface area contributed by atoms with Crippen LogP contribution in [0.15, 0.2) is 61.2 Å². The van der Waals surface area contributed by atoms with Gasteiger partial charge >= 0.3 is 6.61 Å². The summed E-state index contributed by atoms with van der Waals surface area (Å²) in [6.07, 6.45) is 3.07. The molecule has 0 spiro atoms. The molecule has 8 heteroatoms. The van der Waals surface area contributed by atoms with Gasteiger partial charge in [-0.25, -0.2) is 9.67 Å². The summed E-state index contributed by atoms with van der Waals surface area (Å²) in [6, 6.07) is 13.4. The van der Waals surface area contributed by atoms with Crippen LogP contribution in [0.4, 0.5) is 8.78 Å². The van der Waals surface area contributed by atoms with Gasteiger partial charge in [-0.2, -0.15) is 13.9 Å². The highest BCUT2D eigenvalue weighted by atomic mass is 19.3. The third-order valence-electron chi connectivity index (χ3n) is 3.66. The number of amides is 1. The number of nitrogens with zero attached hydrogens (tertiary/aromatic N) is 3. The predicted molar refractivity (Wildman–Crippen MR) is 89.8 cm³/mol. The van der Waals surface area contributed by atoms with Gasteiger partial charge in [-0.15, -0.1) is 0 Å². The van der Waals surface area contributed by atoms with E-state index in [4.69, 9.17) is 0 Å². The second-order valence-corrected chi connectivity index (χ2v) is 5.46. The van der Waals surface area contributed by atoms with Gasteiger partial charge in [0.05, 0.1) is 6.54 Å². The Morgan fingerprint density at radius 2 is 1.92 bits per heavy atom. The molecule has 1 aromatic heterocycles. The van der Waals surface area contributed by atoms with E-state index in [1.54, 1.807) is 41.3 Å². The summed E-state index contributed by atoms with van der Waals surface area (Å²) < 4.78 is 31.0. The molecule has 0 saturated carbocycles. The zero-order valence-corrected chi connectivity index (χ0v) is 13.7. The Morgan fingerprint density at radius 1 is 1.15 bits per heavy atom. The number of hydrogen-bond acceptors (Lipinski definition) is 4. The molecule has 0 aliphatic rings. The third-order valence-corrected chi connectivity index (χ3v) is 3.66. The number of nitrogens with one attached hydrogen (secondary N) is 1. The standard InChI is InChI=1S/C18H16F2N4O2/c19-18(20)26-16-4-2-1-3-15(16)9-22-17(25)14-7-5-13(6-8-14)10-24-12-21-11-23-24/h1-8,11-12,18H,9-10H2,(H,22,25). The Labute approximate surface area is 148 Å². The molecule has 1 N–H and O–H groups in total. The number of aromatic nitrogens is 3. The van der Waals surface area contributed by atoms with Crippen molar-refractivity contribution in [3.63, 3.8) is 0 Å². The Hall–Kier alpha value is -3.29. The first-order chi connectivity index (χ1) is 12.6. The predicted octanol–water partition coefficient (Wildman–Crippen LogP) is 2.86. The number of hydrogen-bond donors (Lipinski definition) is 1. The lowest BCUT2D eigenvalue weighted by Crippen LogP contribution is -2.23. The van der Waals surface area contributed by atoms with Crippen LogP contribution in [0.3, 0.4) is 0 Å². The van der Waals surface area contributed by atoms with E-state index in [2.05, 4.69) is 20.1 Å². The first kappa shape index (κ1) is 17.5. The van der Waals surface area contributed by atoms with Gasteiger partial charge in [-0.3, -0.25) is 4.79 Å². The van der Waals surface area contributed by atoms with Crippen LogP contribution in [0.25, 0.3) is 0 Å². The molecule has 3 aromatic rings. The van der Waals surface area contributed by atoms with Gasteiger partial charge in [-0.05, 0) is 23.8 Å². The van der Waals surface area contributed by atoms with Crippen molar-refractivity contribution >= 4 is 5.91 Å². The van der Waals surface area contributed by atoms with E-state index in [-0.39, 0.29) is 18.2 Å². The van der Waals surface area contributed by atoms with Crippen molar-refractivity contribution < 1.29 is 18.3 Å². The van der Waals surface area contributed by atoms with E-state index in [0.717, 1.165) is 5.56 Å². The Bertz CT molecular complexity index is 852. The summed E-state index contributed by atoms with van der Waals surface area (Å²) in [5.41, 5.74) is 1.92. The van der Waals surface area contributed by atoms with Gasteiger partial charge in [0.2, 0.25) is 0 Å². The van der Waals surface area contributed by atoms with E-state index in [1.807, 2.05) is 12.1 Å². The fraction of sp³-hybridized carbons (Fsp3) is 0.167. The van der Waals surface area contributed by atoms with Crippen LogP contribution in [-0.2, 0) is 13.1 Å². The first-order valence-corrected chi connectivity index (χ1v) is 7.84. The molecule has 0 saturated heterocycles. The fourth-order valence-electron chi connectivity index (χ4n) is 2.40. The van der Waals surface area contributed by atoms with Gasteiger partial charge in [0.1, 0.15) is 18.4 Å². The lowest BCUT2D eigenvalue weighted by Gasteiger charge is -2.11. The van der Waals surface area contributed by atoms with Gasteiger partial charge in [0, 0.05) is 17.7 Å². The highest BCUT2D eigenvalue weighted by Crippen LogP contribution is 2.20. The largest absolute Gasteiger partial charge is 0.434 e. The van der Waals surface area contributed by atoms with Gasteiger partial charge in [0.25, 0.3) is 5.91 Å². The van der Waals surface area contributed by atoms with Crippen LogP contribution in [0.2, 0.25) is 0 Å². The summed E-state index contributed by atoms with van der Waals surface area (Å²) in [4.78, 5) is 16.1. The molecule has 2 aromatic carbocycles. The zero-order chi connectivity index (χ0) is 18.4. The molecular formula is C18H16F2N4O2. The van der Waals surface area contributed by atoms with Crippen molar-refractivity contribution in [1.29, 1.82) is 0 Å². The second-order valence-electron chi connectivity index (χ2n) is 5.46. The van der Waals surface area contributed by atoms with Gasteiger partial charge < -0.3 is 10.1 Å². The second kappa shape index (κ2) is 8.19. The van der Waals surface area contributed by atoms with Crippen LogP contribution < -0.4 is 10.1 Å². The molecule has 3 rings (SSSR count). The van der Waals surface area contributed by atoms with Crippen LogP contribution in [0, 0.1) is 0 Å². The fourth-order valence-corrected chi connectivity index (χ4v) is 2.40. The number of para-hydroxylation sites is 1. The molecule has 0 fully saturated rings. The van der Waals surface area contributed by atoms with Crippen molar-refractivity contribution in [2.24, 2.45) is 0 Å². The Balaban J connectivity index is 1.60. The van der Waals surface area contributed by atoms with Crippen LogP contribution in [0.5, 0.6) is 5.75 Å². The Morgan fingerprint density at radius 3 is 2.62 bits per heavy atom. The first-order valence-electron chi connectivity index (χ1n) is 7.84. The molecule has 0 aliphatic carbocycles. The number of carbonyl (C=O) groups is 1. The number of halogens is 2. The average Bonchev–Trinajstić information content (AvgIpc) is 3.14. The normalized spacial score (nSPS) is 10.7. The zero-order valence-electron chi connectivity index (χ0n) is 13.7. The summed E-state index contributed by atoms with van der Waals surface area (Å²) in [6.45, 7) is -2.27. The molecule has 6 nitrogen and oxygen atoms in total. The van der Waals surface area contributed by atoms with Crippen molar-refractivity contribution in [2.75, 3.05) is 0 Å². The van der Waals surface area contributed by atoms with E-state index in [0.29, 0.717) is 17.7 Å². The highest BCUT2D eigenvalue weighted by Gasteiger charge is 2.11. The number of benzene rings is 2. The van der Waals surface area contributed by atoms with E-state index < -0.39 is 6.61 Å². The summed E-state index contributed by atoms with van der Waals surface area (Å²) in [7, 11) is 0. The monoisotopic (exact) mass is 358 g/mol. The smallest absolute Gasteiger partial charge is 0.387 e. The maximum absolute atomic E-state index is 12.4. The quantitative estimate of drug-likeness (QED) is 0.705. The molecule has 0 bridgehead atoms. The lowest BCUT2D eigenvalue weighted by molar-refractivity contribution is -0.0504. The average molecular weight is 358 g/mol. The summed E-state index contributed by atoms with van der Waals surface area (Å²) >= 11 is 0. The van der Waals surface area contributed by atoms with Crippen LogP contribution in [-0.4, -0.2) is 27.3 Å². The van der Waals surface area contributed by atoms with E-state index in [9.17, 15) is 13.6 Å². The third kappa shape index (κ3) is 4.62. The molecule has 0 atom stereocenters. The Kier molecular flexibility index (Phi) is 5.52. The molecule has 0 aliphatic heterocycles. The maximum atomic E-state index is 12.4. The van der Waals surface area contributed by atoms with E-state index >= 15 is 0 Å². The number of rotatable bonds is 7. The summed E-state index contributed by atoms with van der Waals surface area (Å²) in [5, 5.41) is 6.72. The van der Waals surface area contributed by atoms with Crippen molar-refractivity contribution in [3.05, 3.63) is 77.9 Å². The molecule has 1 amide bonds. The minimum atomic E-state index is -2.91.